The Bertz CT molecular complexity index is 820. The average molecular weight is 332 g/mol. The van der Waals surface area contributed by atoms with Crippen molar-refractivity contribution in [2.45, 2.75) is 19.5 Å². The topological polar surface area (TPSA) is 32.3 Å². The fourth-order valence-electron chi connectivity index (χ4n) is 3.69. The van der Waals surface area contributed by atoms with Crippen LogP contribution >= 0.6 is 0 Å². The number of hydrogen-bond donors (Lipinski definition) is 0. The molecule has 0 saturated carbocycles. The molecule has 0 spiro atoms. The van der Waals surface area contributed by atoms with Gasteiger partial charge in [0.25, 0.3) is 0 Å². The van der Waals surface area contributed by atoms with Crippen LogP contribution in [0.15, 0.2) is 61.1 Å². The Morgan fingerprint density at radius 3 is 2.56 bits per heavy atom. The SMILES string of the molecule is C[C@@H](c1cnccn1)N1CCN(Cc2cccc3ccccc23)CC1. The van der Waals surface area contributed by atoms with Crippen molar-refractivity contribution in [2.75, 3.05) is 26.2 Å². The molecule has 1 aliphatic heterocycles. The van der Waals surface area contributed by atoms with Gasteiger partial charge in [0.05, 0.1) is 11.7 Å². The molecule has 0 aliphatic carbocycles. The average Bonchev–Trinajstić information content (AvgIpc) is 2.69. The van der Waals surface area contributed by atoms with E-state index in [0.717, 1.165) is 38.4 Å². The van der Waals surface area contributed by atoms with Crippen molar-refractivity contribution in [1.29, 1.82) is 0 Å². The second-order valence-electron chi connectivity index (χ2n) is 6.76. The van der Waals surface area contributed by atoms with E-state index in [9.17, 15) is 0 Å². The highest BCUT2D eigenvalue weighted by Crippen LogP contribution is 2.22. The molecule has 1 saturated heterocycles. The predicted octanol–water partition coefficient (Wildman–Crippen LogP) is 3.51. The summed E-state index contributed by atoms with van der Waals surface area (Å²) in [6.45, 7) is 7.58. The van der Waals surface area contributed by atoms with Gasteiger partial charge in [0.1, 0.15) is 0 Å². The van der Waals surface area contributed by atoms with Gasteiger partial charge in [0.15, 0.2) is 0 Å². The van der Waals surface area contributed by atoms with E-state index >= 15 is 0 Å². The summed E-state index contributed by atoms with van der Waals surface area (Å²) in [6, 6.07) is 15.6. The lowest BCUT2D eigenvalue weighted by Crippen LogP contribution is -2.46. The number of benzene rings is 2. The van der Waals surface area contributed by atoms with Crippen LogP contribution in [0.1, 0.15) is 24.2 Å². The summed E-state index contributed by atoms with van der Waals surface area (Å²) < 4.78 is 0. The summed E-state index contributed by atoms with van der Waals surface area (Å²) in [4.78, 5) is 13.7. The molecule has 3 aromatic rings. The predicted molar refractivity (Wildman–Crippen MR) is 101 cm³/mol. The first-order valence-corrected chi connectivity index (χ1v) is 9.00. The Kier molecular flexibility index (Phi) is 4.72. The Morgan fingerprint density at radius 1 is 0.960 bits per heavy atom. The largest absolute Gasteiger partial charge is 0.297 e. The molecule has 0 radical (unpaired) electrons. The summed E-state index contributed by atoms with van der Waals surface area (Å²) in [5, 5.41) is 2.70. The third kappa shape index (κ3) is 3.55. The Balaban J connectivity index is 1.40. The van der Waals surface area contributed by atoms with E-state index in [0.29, 0.717) is 6.04 Å². The molecule has 0 amide bonds. The van der Waals surface area contributed by atoms with Gasteiger partial charge < -0.3 is 0 Å². The molecule has 0 unspecified atom stereocenters. The molecule has 1 fully saturated rings. The Hall–Kier alpha value is -2.30. The number of fused-ring (bicyclic) bond motifs is 1. The fraction of sp³-hybridized carbons (Fsp3) is 0.333. The normalized spacial score (nSPS) is 17.6. The van der Waals surface area contributed by atoms with E-state index in [-0.39, 0.29) is 0 Å². The van der Waals surface area contributed by atoms with Crippen LogP contribution in [0, 0.1) is 0 Å². The maximum atomic E-state index is 4.46. The van der Waals surface area contributed by atoms with Crippen molar-refractivity contribution in [2.24, 2.45) is 0 Å². The Morgan fingerprint density at radius 2 is 1.76 bits per heavy atom. The quantitative estimate of drug-likeness (QED) is 0.732. The fourth-order valence-corrected chi connectivity index (χ4v) is 3.69. The smallest absolute Gasteiger partial charge is 0.0755 e. The molecule has 128 valence electrons. The molecule has 2 aromatic carbocycles. The monoisotopic (exact) mass is 332 g/mol. The molecular weight excluding hydrogens is 308 g/mol. The zero-order valence-electron chi connectivity index (χ0n) is 14.7. The molecule has 4 nitrogen and oxygen atoms in total. The van der Waals surface area contributed by atoms with Crippen molar-refractivity contribution in [3.63, 3.8) is 0 Å². The zero-order chi connectivity index (χ0) is 17.1. The van der Waals surface area contributed by atoms with Gasteiger partial charge in [-0.05, 0) is 23.3 Å². The number of hydrogen-bond acceptors (Lipinski definition) is 4. The number of aromatic nitrogens is 2. The van der Waals surface area contributed by atoms with Crippen molar-refractivity contribution in [3.8, 4) is 0 Å². The summed E-state index contributed by atoms with van der Waals surface area (Å²) in [7, 11) is 0. The van der Waals surface area contributed by atoms with Crippen LogP contribution in [-0.2, 0) is 6.54 Å². The van der Waals surface area contributed by atoms with Gasteiger partial charge in [-0.1, -0.05) is 42.5 Å². The molecule has 2 heterocycles. The first-order valence-electron chi connectivity index (χ1n) is 9.00. The molecule has 1 aliphatic rings. The summed E-state index contributed by atoms with van der Waals surface area (Å²) in [5.74, 6) is 0. The van der Waals surface area contributed by atoms with Gasteiger partial charge in [0, 0.05) is 51.3 Å². The summed E-state index contributed by atoms with van der Waals surface area (Å²) >= 11 is 0. The van der Waals surface area contributed by atoms with E-state index in [2.05, 4.69) is 69.2 Å². The highest BCUT2D eigenvalue weighted by molar-refractivity contribution is 5.85. The van der Waals surface area contributed by atoms with Crippen LogP contribution in [0.5, 0.6) is 0 Å². The highest BCUT2D eigenvalue weighted by Gasteiger charge is 2.23. The van der Waals surface area contributed by atoms with Crippen LogP contribution in [0.2, 0.25) is 0 Å². The van der Waals surface area contributed by atoms with E-state index in [1.165, 1.54) is 16.3 Å². The van der Waals surface area contributed by atoms with Crippen molar-refractivity contribution in [3.05, 3.63) is 72.3 Å². The molecule has 0 bridgehead atoms. The molecular formula is C21H24N4. The first-order chi connectivity index (χ1) is 12.3. The first kappa shape index (κ1) is 16.2. The van der Waals surface area contributed by atoms with E-state index in [4.69, 9.17) is 0 Å². The van der Waals surface area contributed by atoms with Crippen LogP contribution < -0.4 is 0 Å². The molecule has 4 heteroatoms. The van der Waals surface area contributed by atoms with Crippen molar-refractivity contribution in [1.82, 2.24) is 19.8 Å². The minimum atomic E-state index is 0.327. The third-order valence-electron chi connectivity index (χ3n) is 5.24. The van der Waals surface area contributed by atoms with Crippen LogP contribution in [0.25, 0.3) is 10.8 Å². The molecule has 4 rings (SSSR count). The molecule has 25 heavy (non-hydrogen) atoms. The van der Waals surface area contributed by atoms with Crippen LogP contribution in [-0.4, -0.2) is 45.9 Å². The highest BCUT2D eigenvalue weighted by atomic mass is 15.3. The lowest BCUT2D eigenvalue weighted by atomic mass is 10.0. The zero-order valence-corrected chi connectivity index (χ0v) is 14.7. The van der Waals surface area contributed by atoms with Crippen LogP contribution in [0.4, 0.5) is 0 Å². The van der Waals surface area contributed by atoms with E-state index < -0.39 is 0 Å². The molecule has 1 aromatic heterocycles. The number of piperazine rings is 1. The standard InChI is InChI=1S/C21H24N4/c1-17(21-15-22-9-10-23-21)25-13-11-24(12-14-25)16-19-7-4-6-18-5-2-3-8-20(18)19/h2-10,15,17H,11-14,16H2,1H3/t17-/m0/s1. The lowest BCUT2D eigenvalue weighted by Gasteiger charge is -2.37. The summed E-state index contributed by atoms with van der Waals surface area (Å²) in [5.41, 5.74) is 2.48. The van der Waals surface area contributed by atoms with Crippen LogP contribution in [0.3, 0.4) is 0 Å². The van der Waals surface area contributed by atoms with E-state index in [1.54, 1.807) is 12.4 Å². The van der Waals surface area contributed by atoms with Gasteiger partial charge in [-0.25, -0.2) is 0 Å². The van der Waals surface area contributed by atoms with Gasteiger partial charge in [0.2, 0.25) is 0 Å². The molecule has 1 atom stereocenters. The maximum absolute atomic E-state index is 4.46. The molecule has 0 N–H and O–H groups in total. The van der Waals surface area contributed by atoms with Crippen molar-refractivity contribution < 1.29 is 0 Å². The maximum Gasteiger partial charge on any atom is 0.0755 e. The number of nitrogens with zero attached hydrogens (tertiary/aromatic N) is 4. The second kappa shape index (κ2) is 7.30. The summed E-state index contributed by atoms with van der Waals surface area (Å²) in [6.07, 6.45) is 5.40. The number of rotatable bonds is 4. The van der Waals surface area contributed by atoms with Gasteiger partial charge >= 0.3 is 0 Å². The van der Waals surface area contributed by atoms with Gasteiger partial charge in [-0.15, -0.1) is 0 Å². The third-order valence-corrected chi connectivity index (χ3v) is 5.24. The Labute approximate surface area is 149 Å². The van der Waals surface area contributed by atoms with E-state index in [1.807, 2.05) is 6.20 Å². The lowest BCUT2D eigenvalue weighted by molar-refractivity contribution is 0.0965. The second-order valence-corrected chi connectivity index (χ2v) is 6.76. The van der Waals surface area contributed by atoms with Crippen molar-refractivity contribution >= 4 is 10.8 Å². The van der Waals surface area contributed by atoms with Gasteiger partial charge in [-0.3, -0.25) is 19.8 Å². The minimum Gasteiger partial charge on any atom is -0.297 e. The van der Waals surface area contributed by atoms with Gasteiger partial charge in [-0.2, -0.15) is 0 Å². The minimum absolute atomic E-state index is 0.327.